The first-order valence-corrected chi connectivity index (χ1v) is 6.39. The number of nitrogens with zero attached hydrogens (tertiary/aromatic N) is 1. The summed E-state index contributed by atoms with van der Waals surface area (Å²) in [5, 5.41) is 0.304. The molecule has 2 amide bonds. The van der Waals surface area contributed by atoms with Crippen LogP contribution in [0.3, 0.4) is 0 Å². The highest BCUT2D eigenvalue weighted by Crippen LogP contribution is 2.23. The summed E-state index contributed by atoms with van der Waals surface area (Å²) in [6, 6.07) is 7.08. The molecule has 0 N–H and O–H groups in total. The molecule has 0 radical (unpaired) electrons. The van der Waals surface area contributed by atoms with E-state index >= 15 is 0 Å². The quantitative estimate of drug-likeness (QED) is 0.844. The van der Waals surface area contributed by atoms with E-state index in [-0.39, 0.29) is 30.1 Å². The molecule has 0 aliphatic carbocycles. The lowest BCUT2D eigenvalue weighted by Gasteiger charge is -2.13. The number of benzene rings is 1. The fraction of sp³-hybridized carbons (Fsp3) is 0.273. The van der Waals surface area contributed by atoms with Crippen LogP contribution in [0.15, 0.2) is 24.3 Å². The number of rotatable bonds is 4. The molecule has 6 heteroatoms. The number of ether oxygens (including phenoxy) is 1. The van der Waals surface area contributed by atoms with E-state index in [2.05, 4.69) is 0 Å². The summed E-state index contributed by atoms with van der Waals surface area (Å²) < 4.78 is 5.41. The Bertz CT molecular complexity index is 436. The summed E-state index contributed by atoms with van der Waals surface area (Å²) in [5.41, 5.74) is 0. The second kappa shape index (κ2) is 5.42. The molecule has 1 fully saturated rings. The van der Waals surface area contributed by atoms with Gasteiger partial charge in [0.2, 0.25) is 5.91 Å². The fourth-order valence-corrected chi connectivity index (χ4v) is 2.35. The van der Waals surface area contributed by atoms with Crippen LogP contribution >= 0.6 is 23.4 Å². The second-order valence-electron chi connectivity index (χ2n) is 3.38. The first-order chi connectivity index (χ1) is 8.18. The van der Waals surface area contributed by atoms with Crippen LogP contribution in [-0.2, 0) is 4.79 Å². The van der Waals surface area contributed by atoms with Gasteiger partial charge in [-0.25, -0.2) is 0 Å². The van der Waals surface area contributed by atoms with E-state index in [1.165, 1.54) is 4.90 Å². The molecule has 0 atom stereocenters. The molecule has 0 bridgehead atoms. The topological polar surface area (TPSA) is 46.6 Å². The Morgan fingerprint density at radius 2 is 2.12 bits per heavy atom. The highest BCUT2D eigenvalue weighted by atomic mass is 35.5. The average Bonchev–Trinajstić information content (AvgIpc) is 2.63. The predicted molar refractivity (Wildman–Crippen MR) is 66.5 cm³/mol. The van der Waals surface area contributed by atoms with E-state index in [1.807, 2.05) is 6.07 Å². The molecule has 4 nitrogen and oxygen atoms in total. The van der Waals surface area contributed by atoms with Crippen molar-refractivity contribution < 1.29 is 14.3 Å². The summed E-state index contributed by atoms with van der Waals surface area (Å²) >= 11 is 6.92. The molecule has 1 saturated heterocycles. The zero-order valence-corrected chi connectivity index (χ0v) is 10.5. The van der Waals surface area contributed by atoms with Crippen LogP contribution in [0.1, 0.15) is 0 Å². The molecular weight excluding hydrogens is 262 g/mol. The molecule has 0 spiro atoms. The Morgan fingerprint density at radius 1 is 1.35 bits per heavy atom. The molecule has 90 valence electrons. The number of hydrogen-bond acceptors (Lipinski definition) is 4. The number of carbonyl (C=O) groups excluding carboxylic acids is 2. The minimum atomic E-state index is -0.210. The maximum atomic E-state index is 11.3. The van der Waals surface area contributed by atoms with Crippen molar-refractivity contribution >= 4 is 34.5 Å². The van der Waals surface area contributed by atoms with Gasteiger partial charge < -0.3 is 4.74 Å². The zero-order chi connectivity index (χ0) is 12.3. The van der Waals surface area contributed by atoms with E-state index < -0.39 is 0 Å². The normalized spacial score (nSPS) is 15.5. The van der Waals surface area contributed by atoms with E-state index in [9.17, 15) is 9.59 Å². The van der Waals surface area contributed by atoms with Crippen molar-refractivity contribution in [3.63, 3.8) is 0 Å². The monoisotopic (exact) mass is 271 g/mol. The van der Waals surface area contributed by atoms with Gasteiger partial charge in [0, 0.05) is 0 Å². The molecule has 1 heterocycles. The first-order valence-electron chi connectivity index (χ1n) is 5.03. The summed E-state index contributed by atoms with van der Waals surface area (Å²) in [7, 11) is 0. The Kier molecular flexibility index (Phi) is 3.91. The van der Waals surface area contributed by atoms with Gasteiger partial charge in [0.25, 0.3) is 5.24 Å². The maximum Gasteiger partial charge on any atom is 0.288 e. The van der Waals surface area contributed by atoms with Gasteiger partial charge in [-0.3, -0.25) is 14.5 Å². The lowest BCUT2D eigenvalue weighted by atomic mass is 10.3. The second-order valence-corrected chi connectivity index (χ2v) is 4.71. The van der Waals surface area contributed by atoms with Crippen molar-refractivity contribution in [2.75, 3.05) is 18.9 Å². The van der Waals surface area contributed by atoms with Crippen LogP contribution in [-0.4, -0.2) is 35.0 Å². The van der Waals surface area contributed by atoms with E-state index in [0.29, 0.717) is 10.8 Å². The molecule has 0 unspecified atom stereocenters. The van der Waals surface area contributed by atoms with Gasteiger partial charge in [-0.05, 0) is 12.1 Å². The molecule has 0 saturated carbocycles. The Hall–Kier alpha value is -1.20. The number of amides is 2. The highest BCUT2D eigenvalue weighted by molar-refractivity contribution is 8.14. The van der Waals surface area contributed by atoms with Gasteiger partial charge in [0.15, 0.2) is 0 Å². The first kappa shape index (κ1) is 12.3. The third-order valence-electron chi connectivity index (χ3n) is 2.25. The number of imide groups is 1. The Balaban J connectivity index is 1.86. The molecule has 2 rings (SSSR count). The van der Waals surface area contributed by atoms with Crippen LogP contribution in [0.5, 0.6) is 5.75 Å². The number of halogens is 1. The highest BCUT2D eigenvalue weighted by Gasteiger charge is 2.29. The molecule has 1 aliphatic heterocycles. The van der Waals surface area contributed by atoms with Gasteiger partial charge in [-0.2, -0.15) is 0 Å². The third-order valence-corrected chi connectivity index (χ3v) is 3.42. The summed E-state index contributed by atoms with van der Waals surface area (Å²) in [4.78, 5) is 23.8. The van der Waals surface area contributed by atoms with Gasteiger partial charge in [-0.15, -0.1) is 0 Å². The lowest BCUT2D eigenvalue weighted by Crippen LogP contribution is -2.32. The van der Waals surface area contributed by atoms with E-state index in [4.69, 9.17) is 16.3 Å². The van der Waals surface area contributed by atoms with Crippen LogP contribution in [0.25, 0.3) is 0 Å². The van der Waals surface area contributed by atoms with Gasteiger partial charge in [0.1, 0.15) is 12.4 Å². The zero-order valence-electron chi connectivity index (χ0n) is 8.89. The van der Waals surface area contributed by atoms with Crippen LogP contribution in [0.4, 0.5) is 4.79 Å². The van der Waals surface area contributed by atoms with Crippen molar-refractivity contribution in [1.29, 1.82) is 0 Å². The minimum absolute atomic E-state index is 0.164. The van der Waals surface area contributed by atoms with Crippen molar-refractivity contribution in [1.82, 2.24) is 4.90 Å². The van der Waals surface area contributed by atoms with Crippen molar-refractivity contribution in [2.45, 2.75) is 0 Å². The molecule has 1 aromatic rings. The third kappa shape index (κ3) is 2.92. The van der Waals surface area contributed by atoms with Crippen molar-refractivity contribution in [3.8, 4) is 5.75 Å². The number of thioether (sulfide) groups is 1. The van der Waals surface area contributed by atoms with Gasteiger partial charge in [-0.1, -0.05) is 35.5 Å². The van der Waals surface area contributed by atoms with Crippen molar-refractivity contribution in [3.05, 3.63) is 29.3 Å². The van der Waals surface area contributed by atoms with Crippen LogP contribution in [0, 0.1) is 0 Å². The maximum absolute atomic E-state index is 11.3. The Morgan fingerprint density at radius 3 is 2.76 bits per heavy atom. The minimum Gasteiger partial charge on any atom is -0.490 e. The SMILES string of the molecule is O=C1CSC(=O)N1CCOc1ccccc1Cl. The summed E-state index contributed by atoms with van der Waals surface area (Å²) in [6.45, 7) is 0.512. The average molecular weight is 272 g/mol. The van der Waals surface area contributed by atoms with E-state index in [1.54, 1.807) is 18.2 Å². The summed E-state index contributed by atoms with van der Waals surface area (Å²) in [6.07, 6.45) is 0. The number of hydrogen-bond donors (Lipinski definition) is 0. The standard InChI is InChI=1S/C11H10ClNO3S/c12-8-3-1-2-4-9(8)16-6-5-13-10(14)7-17-11(13)15/h1-4H,5-7H2. The number of carbonyl (C=O) groups is 2. The van der Waals surface area contributed by atoms with Crippen molar-refractivity contribution in [2.24, 2.45) is 0 Å². The largest absolute Gasteiger partial charge is 0.490 e. The Labute approximate surface area is 108 Å². The molecule has 1 aliphatic rings. The predicted octanol–water partition coefficient (Wildman–Crippen LogP) is 2.41. The fourth-order valence-electron chi connectivity index (χ4n) is 1.41. The molecular formula is C11H10ClNO3S. The summed E-state index contributed by atoms with van der Waals surface area (Å²) in [5.74, 6) is 0.619. The smallest absolute Gasteiger partial charge is 0.288 e. The van der Waals surface area contributed by atoms with Crippen LogP contribution < -0.4 is 4.74 Å². The van der Waals surface area contributed by atoms with E-state index in [0.717, 1.165) is 11.8 Å². The molecule has 17 heavy (non-hydrogen) atoms. The van der Waals surface area contributed by atoms with Gasteiger partial charge >= 0.3 is 0 Å². The molecule has 0 aromatic heterocycles. The van der Waals surface area contributed by atoms with Crippen LogP contribution in [0.2, 0.25) is 5.02 Å². The van der Waals surface area contributed by atoms with Gasteiger partial charge in [0.05, 0.1) is 17.3 Å². The molecule has 1 aromatic carbocycles. The number of para-hydroxylation sites is 1. The lowest BCUT2D eigenvalue weighted by molar-refractivity contribution is -0.124.